The first-order valence-corrected chi connectivity index (χ1v) is 8.20. The number of likely N-dealkylation sites (N-methyl/N-ethyl adjacent to an activating group) is 1. The van der Waals surface area contributed by atoms with Gasteiger partial charge in [0.15, 0.2) is 0 Å². The molecular formula is C16H31N5. The van der Waals surface area contributed by atoms with Gasteiger partial charge in [-0.1, -0.05) is 13.8 Å². The summed E-state index contributed by atoms with van der Waals surface area (Å²) in [5.41, 5.74) is 4.39. The van der Waals surface area contributed by atoms with Crippen LogP contribution in [0.4, 0.5) is 0 Å². The van der Waals surface area contributed by atoms with E-state index in [1.165, 1.54) is 31.4 Å². The van der Waals surface area contributed by atoms with Crippen molar-refractivity contribution in [1.82, 2.24) is 20.1 Å². The van der Waals surface area contributed by atoms with Crippen LogP contribution < -0.4 is 11.3 Å². The molecule has 120 valence electrons. The first-order valence-electron chi connectivity index (χ1n) is 8.20. The Bertz CT molecular complexity index is 432. The van der Waals surface area contributed by atoms with Crippen molar-refractivity contribution < 1.29 is 0 Å². The number of aromatic nitrogens is 2. The molecule has 0 aliphatic heterocycles. The summed E-state index contributed by atoms with van der Waals surface area (Å²) in [4.78, 5) is 2.37. The number of nitrogens with two attached hydrogens (primary N) is 1. The highest BCUT2D eigenvalue weighted by molar-refractivity contribution is 5.16. The van der Waals surface area contributed by atoms with E-state index in [2.05, 4.69) is 54.1 Å². The fourth-order valence-electron chi connectivity index (χ4n) is 3.76. The van der Waals surface area contributed by atoms with E-state index in [9.17, 15) is 0 Å². The molecule has 2 rings (SSSR count). The number of hydrogen-bond donors (Lipinski definition) is 2. The molecule has 0 radical (unpaired) electrons. The van der Waals surface area contributed by atoms with Gasteiger partial charge in [0.25, 0.3) is 0 Å². The van der Waals surface area contributed by atoms with E-state index in [0.29, 0.717) is 0 Å². The van der Waals surface area contributed by atoms with Gasteiger partial charge in [-0.15, -0.1) is 0 Å². The first kappa shape index (κ1) is 16.5. The summed E-state index contributed by atoms with van der Waals surface area (Å²) in [6, 6.07) is 2.23. The maximum absolute atomic E-state index is 6.00. The molecule has 5 nitrogen and oxygen atoms in total. The maximum atomic E-state index is 6.00. The van der Waals surface area contributed by atoms with Gasteiger partial charge in [0, 0.05) is 18.3 Å². The Morgan fingerprint density at radius 1 is 1.48 bits per heavy atom. The summed E-state index contributed by atoms with van der Waals surface area (Å²) >= 11 is 0. The third-order valence-corrected chi connectivity index (χ3v) is 5.22. The van der Waals surface area contributed by atoms with Crippen LogP contribution in [0.15, 0.2) is 12.3 Å². The molecule has 1 aromatic heterocycles. The number of hydrazine groups is 1. The number of nitrogens with one attached hydrogen (secondary N) is 1. The van der Waals surface area contributed by atoms with Gasteiger partial charge in [0.2, 0.25) is 0 Å². The second-order valence-electron chi connectivity index (χ2n) is 6.76. The van der Waals surface area contributed by atoms with Gasteiger partial charge < -0.3 is 4.90 Å². The summed E-state index contributed by atoms with van der Waals surface area (Å²) in [5.74, 6) is 6.82. The van der Waals surface area contributed by atoms with E-state index in [1.807, 2.05) is 6.20 Å². The summed E-state index contributed by atoms with van der Waals surface area (Å²) in [6.07, 6.45) is 7.85. The smallest absolute Gasteiger partial charge is 0.0812 e. The Kier molecular flexibility index (Phi) is 5.41. The third-order valence-electron chi connectivity index (χ3n) is 5.22. The predicted molar refractivity (Wildman–Crippen MR) is 86.6 cm³/mol. The highest BCUT2D eigenvalue weighted by Gasteiger charge is 2.44. The second-order valence-corrected chi connectivity index (χ2v) is 6.76. The average Bonchev–Trinajstić information content (AvgIpc) is 2.90. The molecule has 3 N–H and O–H groups in total. The fraction of sp³-hybridized carbons (Fsp3) is 0.812. The SMILES string of the molecule is CCCn1nccc1C(NN)C1(N(C)C)CCC(C)CC1. The minimum atomic E-state index is 0.0762. The standard InChI is InChI=1S/C16H31N5/c1-5-12-21-14(8-11-18-21)15(19-17)16(20(3)4)9-6-13(2)7-10-16/h8,11,13,15,19H,5-7,9-10,12,17H2,1-4H3. The van der Waals surface area contributed by atoms with Crippen LogP contribution in [0.5, 0.6) is 0 Å². The average molecular weight is 293 g/mol. The molecule has 0 spiro atoms. The topological polar surface area (TPSA) is 59.1 Å². The van der Waals surface area contributed by atoms with Gasteiger partial charge in [-0.2, -0.15) is 5.10 Å². The number of aryl methyl sites for hydroxylation is 1. The molecule has 0 bridgehead atoms. The molecule has 0 amide bonds. The highest BCUT2D eigenvalue weighted by Crippen LogP contribution is 2.43. The quantitative estimate of drug-likeness (QED) is 0.624. The molecule has 1 saturated carbocycles. The lowest BCUT2D eigenvalue weighted by molar-refractivity contribution is 0.0397. The van der Waals surface area contributed by atoms with Crippen molar-refractivity contribution in [3.05, 3.63) is 18.0 Å². The largest absolute Gasteiger partial charge is 0.302 e. The van der Waals surface area contributed by atoms with Crippen molar-refractivity contribution in [2.45, 2.75) is 64.1 Å². The summed E-state index contributed by atoms with van der Waals surface area (Å²) in [7, 11) is 4.36. The van der Waals surface area contributed by atoms with E-state index >= 15 is 0 Å². The molecule has 1 aliphatic rings. The fourth-order valence-corrected chi connectivity index (χ4v) is 3.76. The molecular weight excluding hydrogens is 262 g/mol. The molecule has 0 aromatic carbocycles. The number of nitrogens with zero attached hydrogens (tertiary/aromatic N) is 3. The van der Waals surface area contributed by atoms with Gasteiger partial charge in [0.1, 0.15) is 0 Å². The summed E-state index contributed by atoms with van der Waals surface area (Å²) in [6.45, 7) is 5.48. The van der Waals surface area contributed by atoms with Gasteiger partial charge >= 0.3 is 0 Å². The van der Waals surface area contributed by atoms with Crippen LogP contribution in [-0.2, 0) is 6.54 Å². The second kappa shape index (κ2) is 6.90. The van der Waals surface area contributed by atoms with Crippen LogP contribution in [0, 0.1) is 5.92 Å². The molecule has 0 saturated heterocycles. The Labute approximate surface area is 128 Å². The van der Waals surface area contributed by atoms with Gasteiger partial charge in [-0.05, 0) is 58.2 Å². The molecule has 1 atom stereocenters. The summed E-state index contributed by atoms with van der Waals surface area (Å²) in [5, 5.41) is 4.48. The van der Waals surface area contributed by atoms with Crippen LogP contribution in [0.3, 0.4) is 0 Å². The van der Waals surface area contributed by atoms with Gasteiger partial charge in [-0.3, -0.25) is 10.5 Å². The monoisotopic (exact) mass is 293 g/mol. The minimum Gasteiger partial charge on any atom is -0.302 e. The Balaban J connectivity index is 2.34. The molecule has 1 fully saturated rings. The van der Waals surface area contributed by atoms with Crippen LogP contribution in [0.1, 0.15) is 57.7 Å². The highest BCUT2D eigenvalue weighted by atomic mass is 15.3. The van der Waals surface area contributed by atoms with Crippen molar-refractivity contribution in [1.29, 1.82) is 0 Å². The van der Waals surface area contributed by atoms with Crippen molar-refractivity contribution in [2.75, 3.05) is 14.1 Å². The first-order chi connectivity index (χ1) is 10.0. The zero-order valence-corrected chi connectivity index (χ0v) is 14.0. The molecule has 1 aromatic rings. The molecule has 21 heavy (non-hydrogen) atoms. The molecule has 1 aliphatic carbocycles. The van der Waals surface area contributed by atoms with E-state index in [0.717, 1.165) is 18.9 Å². The predicted octanol–water partition coefficient (Wildman–Crippen LogP) is 2.31. The number of hydrogen-bond acceptors (Lipinski definition) is 4. The lowest BCUT2D eigenvalue weighted by atomic mass is 9.71. The van der Waals surface area contributed by atoms with Crippen LogP contribution in [-0.4, -0.2) is 34.3 Å². The van der Waals surface area contributed by atoms with E-state index in [4.69, 9.17) is 5.84 Å². The van der Waals surface area contributed by atoms with Gasteiger partial charge in [0.05, 0.1) is 11.7 Å². The van der Waals surface area contributed by atoms with Crippen LogP contribution in [0.25, 0.3) is 0 Å². The van der Waals surface area contributed by atoms with E-state index in [-0.39, 0.29) is 11.6 Å². The van der Waals surface area contributed by atoms with Crippen LogP contribution in [0.2, 0.25) is 0 Å². The summed E-state index contributed by atoms with van der Waals surface area (Å²) < 4.78 is 2.10. The minimum absolute atomic E-state index is 0.0762. The molecule has 5 heteroatoms. The zero-order chi connectivity index (χ0) is 15.5. The lowest BCUT2D eigenvalue weighted by Gasteiger charge is -2.49. The lowest BCUT2D eigenvalue weighted by Crippen LogP contribution is -2.57. The molecule has 1 heterocycles. The third kappa shape index (κ3) is 3.15. The van der Waals surface area contributed by atoms with Crippen LogP contribution >= 0.6 is 0 Å². The van der Waals surface area contributed by atoms with E-state index in [1.54, 1.807) is 0 Å². The van der Waals surface area contributed by atoms with Crippen molar-refractivity contribution >= 4 is 0 Å². The van der Waals surface area contributed by atoms with Crippen molar-refractivity contribution in [2.24, 2.45) is 11.8 Å². The van der Waals surface area contributed by atoms with E-state index < -0.39 is 0 Å². The Hall–Kier alpha value is -0.910. The maximum Gasteiger partial charge on any atom is 0.0812 e. The van der Waals surface area contributed by atoms with Gasteiger partial charge in [-0.25, -0.2) is 5.43 Å². The molecule has 1 unspecified atom stereocenters. The Morgan fingerprint density at radius 2 is 2.14 bits per heavy atom. The Morgan fingerprint density at radius 3 is 2.67 bits per heavy atom. The van der Waals surface area contributed by atoms with Crippen molar-refractivity contribution in [3.63, 3.8) is 0 Å². The zero-order valence-electron chi connectivity index (χ0n) is 14.0. The normalized spacial score (nSPS) is 28.0. The number of rotatable bonds is 6. The van der Waals surface area contributed by atoms with Crippen molar-refractivity contribution in [3.8, 4) is 0 Å².